The minimum absolute atomic E-state index is 0.108. The molecule has 0 spiro atoms. The van der Waals surface area contributed by atoms with Gasteiger partial charge in [0.2, 0.25) is 0 Å². The lowest BCUT2D eigenvalue weighted by Gasteiger charge is -2.06. The van der Waals surface area contributed by atoms with Crippen molar-refractivity contribution < 1.29 is 14.3 Å². The highest BCUT2D eigenvalue weighted by molar-refractivity contribution is 5.90. The predicted molar refractivity (Wildman–Crippen MR) is 59.1 cm³/mol. The molecule has 16 heavy (non-hydrogen) atoms. The largest absolute Gasteiger partial charge is 0.462 e. The fraction of sp³-hybridized carbons (Fsp3) is 0.636. The minimum atomic E-state index is -0.349. The third-order valence-corrected chi connectivity index (χ3v) is 1.95. The van der Waals surface area contributed by atoms with Gasteiger partial charge >= 0.3 is 5.97 Å². The molecule has 0 aliphatic rings. The van der Waals surface area contributed by atoms with E-state index in [0.717, 1.165) is 0 Å². The lowest BCUT2D eigenvalue weighted by molar-refractivity contribution is 0.0492. The highest BCUT2D eigenvalue weighted by Gasteiger charge is 2.16. The Morgan fingerprint density at radius 1 is 1.56 bits per heavy atom. The molecule has 90 valence electrons. The molecule has 0 bridgehead atoms. The van der Waals surface area contributed by atoms with Crippen LogP contribution < -0.4 is 0 Å². The molecule has 0 saturated carbocycles. The van der Waals surface area contributed by atoms with Gasteiger partial charge in [-0.1, -0.05) is 0 Å². The van der Waals surface area contributed by atoms with Crippen molar-refractivity contribution in [2.24, 2.45) is 7.05 Å². The summed E-state index contributed by atoms with van der Waals surface area (Å²) >= 11 is 0. The van der Waals surface area contributed by atoms with Crippen molar-refractivity contribution in [2.45, 2.75) is 33.5 Å². The lowest BCUT2D eigenvalue weighted by atomic mass is 10.2. The van der Waals surface area contributed by atoms with Crippen LogP contribution in [0.5, 0.6) is 0 Å². The molecule has 0 fully saturated rings. The van der Waals surface area contributed by atoms with Gasteiger partial charge in [-0.2, -0.15) is 5.10 Å². The van der Waals surface area contributed by atoms with Crippen LogP contribution in [0.3, 0.4) is 0 Å². The van der Waals surface area contributed by atoms with E-state index in [2.05, 4.69) is 5.10 Å². The second-order valence-corrected chi connectivity index (χ2v) is 3.74. The molecule has 5 heteroatoms. The molecule has 0 unspecified atom stereocenters. The van der Waals surface area contributed by atoms with Crippen molar-refractivity contribution in [2.75, 3.05) is 6.61 Å². The third-order valence-electron chi connectivity index (χ3n) is 1.95. The molecule has 0 atom stereocenters. The predicted octanol–water partition coefficient (Wildman–Crippen LogP) is 1.52. The zero-order valence-electron chi connectivity index (χ0n) is 10.2. The number of aryl methyl sites for hydroxylation is 1. The van der Waals surface area contributed by atoms with Crippen LogP contribution in [0.1, 0.15) is 36.8 Å². The highest BCUT2D eigenvalue weighted by Crippen LogP contribution is 2.10. The summed E-state index contributed by atoms with van der Waals surface area (Å²) in [5.74, 6) is -0.349. The normalized spacial score (nSPS) is 10.8. The van der Waals surface area contributed by atoms with E-state index in [-0.39, 0.29) is 12.1 Å². The van der Waals surface area contributed by atoms with Crippen LogP contribution in [0.4, 0.5) is 0 Å². The topological polar surface area (TPSA) is 53.4 Å². The third kappa shape index (κ3) is 3.34. The Morgan fingerprint density at radius 3 is 2.81 bits per heavy atom. The average Bonchev–Trinajstić information content (AvgIpc) is 2.57. The Bertz CT molecular complexity index is 358. The molecule has 0 aliphatic heterocycles. The Balaban J connectivity index is 2.78. The molecule has 0 radical (unpaired) electrons. The SMILES string of the molecule is CCOC(=O)c1cn(C)nc1COC(C)C. The monoisotopic (exact) mass is 226 g/mol. The van der Waals surface area contributed by atoms with Crippen molar-refractivity contribution >= 4 is 5.97 Å². The van der Waals surface area contributed by atoms with Crippen molar-refractivity contribution in [3.8, 4) is 0 Å². The molecule has 5 nitrogen and oxygen atoms in total. The van der Waals surface area contributed by atoms with Crippen molar-refractivity contribution in [3.05, 3.63) is 17.5 Å². The first kappa shape index (κ1) is 12.7. The van der Waals surface area contributed by atoms with Crippen LogP contribution in [0.25, 0.3) is 0 Å². The van der Waals surface area contributed by atoms with Gasteiger partial charge in [0.1, 0.15) is 11.3 Å². The Hall–Kier alpha value is -1.36. The molecule has 0 amide bonds. The maximum atomic E-state index is 11.6. The first-order chi connectivity index (χ1) is 7.54. The summed E-state index contributed by atoms with van der Waals surface area (Å²) in [5, 5.41) is 4.18. The molecular weight excluding hydrogens is 208 g/mol. The summed E-state index contributed by atoms with van der Waals surface area (Å²) in [4.78, 5) is 11.6. The van der Waals surface area contributed by atoms with Crippen LogP contribution >= 0.6 is 0 Å². The standard InChI is InChI=1S/C11H18N2O3/c1-5-15-11(14)9-6-13(4)12-10(9)7-16-8(2)3/h6,8H,5,7H2,1-4H3. The first-order valence-corrected chi connectivity index (χ1v) is 5.35. The van der Waals surface area contributed by atoms with Crippen molar-refractivity contribution in [3.63, 3.8) is 0 Å². The number of aromatic nitrogens is 2. The highest BCUT2D eigenvalue weighted by atomic mass is 16.5. The molecule has 0 N–H and O–H groups in total. The Morgan fingerprint density at radius 2 is 2.25 bits per heavy atom. The molecule has 1 rings (SSSR count). The fourth-order valence-corrected chi connectivity index (χ4v) is 1.27. The lowest BCUT2D eigenvalue weighted by Crippen LogP contribution is -2.09. The zero-order chi connectivity index (χ0) is 12.1. The van der Waals surface area contributed by atoms with Gasteiger partial charge in [0.15, 0.2) is 0 Å². The van der Waals surface area contributed by atoms with E-state index in [9.17, 15) is 4.79 Å². The van der Waals surface area contributed by atoms with Crippen molar-refractivity contribution in [1.29, 1.82) is 0 Å². The van der Waals surface area contributed by atoms with Crippen LogP contribution in [-0.4, -0.2) is 28.5 Å². The van der Waals surface area contributed by atoms with Gasteiger partial charge in [-0.3, -0.25) is 4.68 Å². The number of carbonyl (C=O) groups excluding carboxylic acids is 1. The van der Waals surface area contributed by atoms with E-state index in [1.54, 1.807) is 24.9 Å². The Labute approximate surface area is 95.3 Å². The van der Waals surface area contributed by atoms with E-state index in [1.165, 1.54) is 0 Å². The fourth-order valence-electron chi connectivity index (χ4n) is 1.27. The number of rotatable bonds is 5. The van der Waals surface area contributed by atoms with Gasteiger partial charge in [0, 0.05) is 13.2 Å². The summed E-state index contributed by atoms with van der Waals surface area (Å²) in [6.45, 7) is 6.34. The zero-order valence-corrected chi connectivity index (χ0v) is 10.2. The Kier molecular flexibility index (Phi) is 4.49. The number of nitrogens with zero attached hydrogens (tertiary/aromatic N) is 2. The molecule has 0 aromatic carbocycles. The van der Waals surface area contributed by atoms with Crippen LogP contribution in [0.15, 0.2) is 6.20 Å². The molecule has 1 aromatic rings. The van der Waals surface area contributed by atoms with Gasteiger partial charge < -0.3 is 9.47 Å². The quantitative estimate of drug-likeness (QED) is 0.714. The summed E-state index contributed by atoms with van der Waals surface area (Å²) in [5.41, 5.74) is 1.10. The minimum Gasteiger partial charge on any atom is -0.462 e. The van der Waals surface area contributed by atoms with Crippen molar-refractivity contribution in [1.82, 2.24) is 9.78 Å². The van der Waals surface area contributed by atoms with E-state index < -0.39 is 0 Å². The van der Waals surface area contributed by atoms with E-state index in [0.29, 0.717) is 24.5 Å². The number of ether oxygens (including phenoxy) is 2. The summed E-state index contributed by atoms with van der Waals surface area (Å²) in [6.07, 6.45) is 1.76. The molecule has 1 aromatic heterocycles. The van der Waals surface area contributed by atoms with E-state index >= 15 is 0 Å². The maximum absolute atomic E-state index is 11.6. The van der Waals surface area contributed by atoms with Crippen LogP contribution in [-0.2, 0) is 23.1 Å². The van der Waals surface area contributed by atoms with Gasteiger partial charge in [0.25, 0.3) is 0 Å². The number of carbonyl (C=O) groups is 1. The van der Waals surface area contributed by atoms with Gasteiger partial charge in [-0.25, -0.2) is 4.79 Å². The smallest absolute Gasteiger partial charge is 0.341 e. The number of hydrogen-bond donors (Lipinski definition) is 0. The average molecular weight is 226 g/mol. The van der Waals surface area contributed by atoms with E-state index in [1.807, 2.05) is 13.8 Å². The summed E-state index contributed by atoms with van der Waals surface area (Å²) in [7, 11) is 1.77. The second-order valence-electron chi connectivity index (χ2n) is 3.74. The number of hydrogen-bond acceptors (Lipinski definition) is 4. The van der Waals surface area contributed by atoms with Gasteiger partial charge in [0.05, 0.1) is 19.3 Å². The van der Waals surface area contributed by atoms with E-state index in [4.69, 9.17) is 9.47 Å². The van der Waals surface area contributed by atoms with Gasteiger partial charge in [-0.15, -0.1) is 0 Å². The molecular formula is C11H18N2O3. The van der Waals surface area contributed by atoms with Gasteiger partial charge in [-0.05, 0) is 20.8 Å². The van der Waals surface area contributed by atoms with Crippen LogP contribution in [0.2, 0.25) is 0 Å². The van der Waals surface area contributed by atoms with Crippen LogP contribution in [0, 0.1) is 0 Å². The molecule has 1 heterocycles. The molecule has 0 aliphatic carbocycles. The summed E-state index contributed by atoms with van der Waals surface area (Å²) < 4.78 is 12.0. The number of esters is 1. The first-order valence-electron chi connectivity index (χ1n) is 5.35. The second kappa shape index (κ2) is 5.65. The summed E-state index contributed by atoms with van der Waals surface area (Å²) in [6, 6.07) is 0. The maximum Gasteiger partial charge on any atom is 0.341 e. The molecule has 0 saturated heterocycles.